The molecule has 1 atom stereocenters. The third-order valence-electron chi connectivity index (χ3n) is 2.91. The van der Waals surface area contributed by atoms with Gasteiger partial charge in [-0.3, -0.25) is 0 Å². The SMILES string of the molecule is CC(O)(Cc1cccc(O)c1)c1cccc(Cl)c1. The summed E-state index contributed by atoms with van der Waals surface area (Å²) in [6, 6.07) is 14.1. The van der Waals surface area contributed by atoms with Crippen LogP contribution in [0, 0.1) is 0 Å². The van der Waals surface area contributed by atoms with Gasteiger partial charge in [0, 0.05) is 11.4 Å². The number of phenols is 1. The highest BCUT2D eigenvalue weighted by Crippen LogP contribution is 2.28. The summed E-state index contributed by atoms with van der Waals surface area (Å²) in [6.45, 7) is 1.74. The van der Waals surface area contributed by atoms with Crippen LogP contribution in [-0.4, -0.2) is 10.2 Å². The Morgan fingerprint density at radius 1 is 1.11 bits per heavy atom. The van der Waals surface area contributed by atoms with E-state index in [2.05, 4.69) is 0 Å². The van der Waals surface area contributed by atoms with Crippen molar-refractivity contribution in [3.05, 3.63) is 64.7 Å². The molecule has 0 fully saturated rings. The van der Waals surface area contributed by atoms with Crippen molar-refractivity contribution in [1.29, 1.82) is 0 Å². The van der Waals surface area contributed by atoms with Crippen LogP contribution in [0.2, 0.25) is 5.02 Å². The predicted molar refractivity (Wildman–Crippen MR) is 72.8 cm³/mol. The number of benzene rings is 2. The van der Waals surface area contributed by atoms with Crippen molar-refractivity contribution in [2.24, 2.45) is 0 Å². The maximum Gasteiger partial charge on any atom is 0.115 e. The number of hydrogen-bond acceptors (Lipinski definition) is 2. The molecule has 18 heavy (non-hydrogen) atoms. The summed E-state index contributed by atoms with van der Waals surface area (Å²) in [5.41, 5.74) is 0.622. The molecule has 0 amide bonds. The van der Waals surface area contributed by atoms with E-state index >= 15 is 0 Å². The molecule has 2 N–H and O–H groups in total. The van der Waals surface area contributed by atoms with E-state index in [1.807, 2.05) is 18.2 Å². The second kappa shape index (κ2) is 5.01. The van der Waals surface area contributed by atoms with Crippen LogP contribution >= 0.6 is 11.6 Å². The topological polar surface area (TPSA) is 40.5 Å². The van der Waals surface area contributed by atoms with Crippen molar-refractivity contribution in [3.8, 4) is 5.75 Å². The Morgan fingerprint density at radius 3 is 2.50 bits per heavy atom. The lowest BCUT2D eigenvalue weighted by atomic mass is 9.89. The van der Waals surface area contributed by atoms with Gasteiger partial charge in [0.2, 0.25) is 0 Å². The number of rotatable bonds is 3. The van der Waals surface area contributed by atoms with E-state index in [9.17, 15) is 10.2 Å². The summed E-state index contributed by atoms with van der Waals surface area (Å²) in [7, 11) is 0. The summed E-state index contributed by atoms with van der Waals surface area (Å²) in [6.07, 6.45) is 0.418. The third-order valence-corrected chi connectivity index (χ3v) is 3.14. The largest absolute Gasteiger partial charge is 0.508 e. The molecular formula is C15H15ClO2. The Labute approximate surface area is 111 Å². The van der Waals surface area contributed by atoms with Gasteiger partial charge in [0.25, 0.3) is 0 Å². The van der Waals surface area contributed by atoms with Crippen molar-refractivity contribution in [2.45, 2.75) is 18.9 Å². The smallest absolute Gasteiger partial charge is 0.115 e. The second-order valence-corrected chi connectivity index (χ2v) is 5.07. The summed E-state index contributed by atoms with van der Waals surface area (Å²) >= 11 is 5.93. The average Bonchev–Trinajstić information content (AvgIpc) is 2.28. The van der Waals surface area contributed by atoms with Crippen molar-refractivity contribution in [3.63, 3.8) is 0 Å². The lowest BCUT2D eigenvalue weighted by Gasteiger charge is -2.24. The number of phenolic OH excluding ortho intramolecular Hbond substituents is 1. The highest BCUT2D eigenvalue weighted by molar-refractivity contribution is 6.30. The summed E-state index contributed by atoms with van der Waals surface area (Å²) in [5, 5.41) is 20.5. The minimum absolute atomic E-state index is 0.203. The molecule has 2 aromatic carbocycles. The standard InChI is InChI=1S/C15H15ClO2/c1-15(18,12-5-3-6-13(16)9-12)10-11-4-2-7-14(17)8-11/h2-9,17-18H,10H2,1H3. The van der Waals surface area contributed by atoms with Gasteiger partial charge in [0.1, 0.15) is 5.75 Å². The van der Waals surface area contributed by atoms with E-state index in [0.29, 0.717) is 11.4 Å². The maximum atomic E-state index is 10.5. The molecule has 0 bridgehead atoms. The molecule has 0 heterocycles. The first kappa shape index (κ1) is 12.9. The fourth-order valence-electron chi connectivity index (χ4n) is 1.99. The van der Waals surface area contributed by atoms with Crippen molar-refractivity contribution in [2.75, 3.05) is 0 Å². The Hall–Kier alpha value is -1.51. The number of aliphatic hydroxyl groups is 1. The Kier molecular flexibility index (Phi) is 3.60. The molecule has 0 aliphatic rings. The van der Waals surface area contributed by atoms with Crippen molar-refractivity contribution >= 4 is 11.6 Å². The highest BCUT2D eigenvalue weighted by atomic mass is 35.5. The van der Waals surface area contributed by atoms with Gasteiger partial charge < -0.3 is 10.2 Å². The monoisotopic (exact) mass is 262 g/mol. The minimum Gasteiger partial charge on any atom is -0.508 e. The van der Waals surface area contributed by atoms with Gasteiger partial charge in [0.05, 0.1) is 5.60 Å². The van der Waals surface area contributed by atoms with E-state index in [0.717, 1.165) is 11.1 Å². The number of hydrogen-bond donors (Lipinski definition) is 2. The highest BCUT2D eigenvalue weighted by Gasteiger charge is 2.23. The molecule has 0 saturated heterocycles. The average molecular weight is 263 g/mol. The molecule has 2 aromatic rings. The van der Waals surface area contributed by atoms with E-state index in [1.165, 1.54) is 0 Å². The minimum atomic E-state index is -1.02. The van der Waals surface area contributed by atoms with Gasteiger partial charge in [-0.25, -0.2) is 0 Å². The molecule has 0 aliphatic heterocycles. The van der Waals surface area contributed by atoms with Gasteiger partial charge in [-0.1, -0.05) is 35.9 Å². The van der Waals surface area contributed by atoms with Crippen LogP contribution in [0.15, 0.2) is 48.5 Å². The molecule has 0 aromatic heterocycles. The molecule has 2 nitrogen and oxygen atoms in total. The number of aromatic hydroxyl groups is 1. The zero-order chi connectivity index (χ0) is 13.2. The van der Waals surface area contributed by atoms with E-state index in [-0.39, 0.29) is 5.75 Å². The molecular weight excluding hydrogens is 248 g/mol. The molecule has 1 unspecified atom stereocenters. The quantitative estimate of drug-likeness (QED) is 0.889. The van der Waals surface area contributed by atoms with Crippen LogP contribution < -0.4 is 0 Å². The van der Waals surface area contributed by atoms with Gasteiger partial charge >= 0.3 is 0 Å². The Balaban J connectivity index is 2.26. The zero-order valence-electron chi connectivity index (χ0n) is 10.1. The maximum absolute atomic E-state index is 10.5. The van der Waals surface area contributed by atoms with E-state index < -0.39 is 5.60 Å². The Bertz CT molecular complexity index is 550. The summed E-state index contributed by atoms with van der Waals surface area (Å²) in [4.78, 5) is 0. The van der Waals surface area contributed by atoms with Crippen LogP contribution in [-0.2, 0) is 12.0 Å². The predicted octanol–water partition coefficient (Wildman–Crippen LogP) is 3.50. The van der Waals surface area contributed by atoms with Gasteiger partial charge in [-0.15, -0.1) is 0 Å². The fourth-order valence-corrected chi connectivity index (χ4v) is 2.18. The fraction of sp³-hybridized carbons (Fsp3) is 0.200. The molecule has 0 radical (unpaired) electrons. The lowest BCUT2D eigenvalue weighted by molar-refractivity contribution is 0.0576. The molecule has 0 spiro atoms. The normalized spacial score (nSPS) is 14.2. The van der Waals surface area contributed by atoms with Crippen LogP contribution in [0.3, 0.4) is 0 Å². The van der Waals surface area contributed by atoms with Crippen LogP contribution in [0.1, 0.15) is 18.1 Å². The molecule has 0 saturated carbocycles. The first-order chi connectivity index (χ1) is 8.47. The third kappa shape index (κ3) is 3.03. The summed E-state index contributed by atoms with van der Waals surface area (Å²) in [5.74, 6) is 0.203. The van der Waals surface area contributed by atoms with Crippen molar-refractivity contribution < 1.29 is 10.2 Å². The Morgan fingerprint density at radius 2 is 1.83 bits per heavy atom. The molecule has 3 heteroatoms. The number of halogens is 1. The van der Waals surface area contributed by atoms with Crippen molar-refractivity contribution in [1.82, 2.24) is 0 Å². The van der Waals surface area contributed by atoms with Gasteiger partial charge in [0.15, 0.2) is 0 Å². The van der Waals surface area contributed by atoms with Gasteiger partial charge in [-0.2, -0.15) is 0 Å². The van der Waals surface area contributed by atoms with Crippen LogP contribution in [0.25, 0.3) is 0 Å². The molecule has 0 aliphatic carbocycles. The van der Waals surface area contributed by atoms with Crippen LogP contribution in [0.4, 0.5) is 0 Å². The van der Waals surface area contributed by atoms with E-state index in [1.54, 1.807) is 37.3 Å². The first-order valence-electron chi connectivity index (χ1n) is 5.74. The van der Waals surface area contributed by atoms with Crippen LogP contribution in [0.5, 0.6) is 5.75 Å². The molecule has 94 valence electrons. The second-order valence-electron chi connectivity index (χ2n) is 4.63. The van der Waals surface area contributed by atoms with E-state index in [4.69, 9.17) is 11.6 Å². The first-order valence-corrected chi connectivity index (χ1v) is 6.11. The zero-order valence-corrected chi connectivity index (χ0v) is 10.9. The summed E-state index contributed by atoms with van der Waals surface area (Å²) < 4.78 is 0. The molecule has 2 rings (SSSR count). The lowest BCUT2D eigenvalue weighted by Crippen LogP contribution is -2.24. The van der Waals surface area contributed by atoms with Gasteiger partial charge in [-0.05, 0) is 42.3 Å².